The van der Waals surface area contributed by atoms with E-state index in [4.69, 9.17) is 0 Å². The molecule has 0 bridgehead atoms. The summed E-state index contributed by atoms with van der Waals surface area (Å²) in [4.78, 5) is 41.6. The Hall–Kier alpha value is -3.15. The third-order valence-electron chi connectivity index (χ3n) is 5.17. The van der Waals surface area contributed by atoms with Crippen molar-refractivity contribution in [2.75, 3.05) is 25.0 Å². The highest BCUT2D eigenvalue weighted by Gasteiger charge is 2.43. The second-order valence-corrected chi connectivity index (χ2v) is 7.62. The second kappa shape index (κ2) is 8.90. The summed E-state index contributed by atoms with van der Waals surface area (Å²) in [6.07, 6.45) is 0.754. The summed E-state index contributed by atoms with van der Waals surface area (Å²) in [5.41, 5.74) is 1.84. The van der Waals surface area contributed by atoms with Crippen molar-refractivity contribution >= 4 is 23.4 Å². The molecule has 1 heterocycles. The highest BCUT2D eigenvalue weighted by atomic mass is 16.2. The summed E-state index contributed by atoms with van der Waals surface area (Å²) in [5, 5.41) is 2.90. The van der Waals surface area contributed by atoms with E-state index in [1.54, 1.807) is 24.3 Å². The van der Waals surface area contributed by atoms with Crippen LogP contribution in [0.1, 0.15) is 41.0 Å². The van der Waals surface area contributed by atoms with Crippen molar-refractivity contribution < 1.29 is 14.4 Å². The molecule has 1 aliphatic rings. The van der Waals surface area contributed by atoms with Crippen molar-refractivity contribution in [2.24, 2.45) is 5.92 Å². The van der Waals surface area contributed by atoms with Crippen LogP contribution in [0.4, 0.5) is 5.69 Å². The SMILES string of the molecule is CC(C)[C@H](C(=O)NCCCN(C)c1ccccc1)N1C(=O)c2ccccc2C1=O. The van der Waals surface area contributed by atoms with E-state index in [0.717, 1.165) is 23.6 Å². The maximum atomic E-state index is 12.9. The Bertz CT molecular complexity index is 860. The Balaban J connectivity index is 1.59. The molecule has 2 aromatic carbocycles. The number of hydrogen-bond acceptors (Lipinski definition) is 4. The zero-order valence-electron chi connectivity index (χ0n) is 17.1. The minimum Gasteiger partial charge on any atom is -0.375 e. The first-order chi connectivity index (χ1) is 13.9. The summed E-state index contributed by atoms with van der Waals surface area (Å²) in [6, 6.07) is 15.9. The highest BCUT2D eigenvalue weighted by Crippen LogP contribution is 2.27. The summed E-state index contributed by atoms with van der Waals surface area (Å²) in [5.74, 6) is -1.28. The van der Waals surface area contributed by atoms with Gasteiger partial charge in [-0.3, -0.25) is 19.3 Å². The number of carbonyl (C=O) groups is 3. The number of anilines is 1. The number of para-hydroxylation sites is 1. The van der Waals surface area contributed by atoms with Gasteiger partial charge in [-0.1, -0.05) is 44.2 Å². The van der Waals surface area contributed by atoms with E-state index < -0.39 is 17.9 Å². The van der Waals surface area contributed by atoms with Gasteiger partial charge < -0.3 is 10.2 Å². The van der Waals surface area contributed by atoms with Crippen molar-refractivity contribution in [3.05, 3.63) is 65.7 Å². The van der Waals surface area contributed by atoms with Gasteiger partial charge in [0.05, 0.1) is 11.1 Å². The molecule has 6 nitrogen and oxygen atoms in total. The molecular formula is C23H27N3O3. The lowest BCUT2D eigenvalue weighted by atomic mass is 10.0. The fourth-order valence-electron chi connectivity index (χ4n) is 3.62. The van der Waals surface area contributed by atoms with Crippen LogP contribution in [-0.4, -0.2) is 48.8 Å². The molecule has 0 unspecified atom stereocenters. The van der Waals surface area contributed by atoms with E-state index in [0.29, 0.717) is 17.7 Å². The van der Waals surface area contributed by atoms with Gasteiger partial charge in [0.2, 0.25) is 5.91 Å². The first kappa shape index (κ1) is 20.6. The molecule has 2 aromatic rings. The zero-order valence-corrected chi connectivity index (χ0v) is 17.1. The number of benzene rings is 2. The predicted molar refractivity (Wildman–Crippen MR) is 113 cm³/mol. The minimum atomic E-state index is -0.825. The number of carbonyl (C=O) groups excluding carboxylic acids is 3. The van der Waals surface area contributed by atoms with Gasteiger partial charge in [0.25, 0.3) is 11.8 Å². The van der Waals surface area contributed by atoms with Gasteiger partial charge in [0, 0.05) is 25.8 Å². The number of rotatable bonds is 8. The summed E-state index contributed by atoms with van der Waals surface area (Å²) >= 11 is 0. The van der Waals surface area contributed by atoms with Crippen LogP contribution in [0, 0.1) is 5.92 Å². The first-order valence-corrected chi connectivity index (χ1v) is 9.92. The number of nitrogens with one attached hydrogen (secondary N) is 1. The molecular weight excluding hydrogens is 366 g/mol. The highest BCUT2D eigenvalue weighted by molar-refractivity contribution is 6.22. The predicted octanol–water partition coefficient (Wildman–Crippen LogP) is 2.95. The fourth-order valence-corrected chi connectivity index (χ4v) is 3.62. The lowest BCUT2D eigenvalue weighted by Gasteiger charge is -2.28. The monoisotopic (exact) mass is 393 g/mol. The van der Waals surface area contributed by atoms with Crippen LogP contribution < -0.4 is 10.2 Å². The smallest absolute Gasteiger partial charge is 0.262 e. The standard InChI is InChI=1S/C23H27N3O3/c1-16(2)20(26-22(28)18-12-7-8-13-19(18)23(26)29)21(27)24-14-9-15-25(3)17-10-5-4-6-11-17/h4-8,10-13,16,20H,9,14-15H2,1-3H3,(H,24,27)/t20-/m1/s1. The van der Waals surface area contributed by atoms with E-state index in [1.807, 2.05) is 51.2 Å². The van der Waals surface area contributed by atoms with E-state index in [2.05, 4.69) is 10.2 Å². The average Bonchev–Trinajstić information content (AvgIpc) is 2.97. The number of imide groups is 1. The third-order valence-corrected chi connectivity index (χ3v) is 5.17. The molecule has 3 amide bonds. The van der Waals surface area contributed by atoms with E-state index in [-0.39, 0.29) is 11.8 Å². The van der Waals surface area contributed by atoms with Gasteiger partial charge >= 0.3 is 0 Å². The van der Waals surface area contributed by atoms with Crippen molar-refractivity contribution in [1.82, 2.24) is 10.2 Å². The zero-order chi connectivity index (χ0) is 21.0. The number of nitrogens with zero attached hydrogens (tertiary/aromatic N) is 2. The van der Waals surface area contributed by atoms with Gasteiger partial charge in [-0.2, -0.15) is 0 Å². The molecule has 3 rings (SSSR count). The number of amides is 3. The van der Waals surface area contributed by atoms with Gasteiger partial charge in [-0.05, 0) is 36.6 Å². The second-order valence-electron chi connectivity index (χ2n) is 7.62. The van der Waals surface area contributed by atoms with Crippen molar-refractivity contribution in [1.29, 1.82) is 0 Å². The number of fused-ring (bicyclic) bond motifs is 1. The third kappa shape index (κ3) is 4.31. The molecule has 6 heteroatoms. The molecule has 29 heavy (non-hydrogen) atoms. The van der Waals surface area contributed by atoms with Gasteiger partial charge in [0.15, 0.2) is 0 Å². The molecule has 1 aliphatic heterocycles. The largest absolute Gasteiger partial charge is 0.375 e. The summed E-state index contributed by atoms with van der Waals surface area (Å²) in [6.45, 7) is 4.94. The van der Waals surface area contributed by atoms with E-state index in [9.17, 15) is 14.4 Å². The van der Waals surface area contributed by atoms with E-state index >= 15 is 0 Å². The molecule has 152 valence electrons. The molecule has 0 saturated carbocycles. The van der Waals surface area contributed by atoms with Crippen LogP contribution in [0.2, 0.25) is 0 Å². The number of hydrogen-bond donors (Lipinski definition) is 1. The average molecular weight is 393 g/mol. The molecule has 0 radical (unpaired) electrons. The maximum Gasteiger partial charge on any atom is 0.262 e. The van der Waals surface area contributed by atoms with Crippen LogP contribution in [0.25, 0.3) is 0 Å². The Kier molecular flexibility index (Phi) is 6.32. The lowest BCUT2D eigenvalue weighted by Crippen LogP contribution is -2.52. The Morgan fingerprint density at radius 3 is 2.07 bits per heavy atom. The molecule has 0 spiro atoms. The van der Waals surface area contributed by atoms with Crippen molar-refractivity contribution in [2.45, 2.75) is 26.3 Å². The first-order valence-electron chi connectivity index (χ1n) is 9.92. The maximum absolute atomic E-state index is 12.9. The molecule has 0 aliphatic carbocycles. The lowest BCUT2D eigenvalue weighted by molar-refractivity contribution is -0.126. The molecule has 0 aromatic heterocycles. The fraction of sp³-hybridized carbons (Fsp3) is 0.348. The molecule has 0 fully saturated rings. The van der Waals surface area contributed by atoms with Crippen molar-refractivity contribution in [3.8, 4) is 0 Å². The summed E-state index contributed by atoms with van der Waals surface area (Å²) < 4.78 is 0. The van der Waals surface area contributed by atoms with Crippen LogP contribution >= 0.6 is 0 Å². The quantitative estimate of drug-likeness (QED) is 0.553. The Labute approximate surface area is 171 Å². The van der Waals surface area contributed by atoms with Crippen LogP contribution in [0.15, 0.2) is 54.6 Å². The van der Waals surface area contributed by atoms with Crippen LogP contribution in [-0.2, 0) is 4.79 Å². The van der Waals surface area contributed by atoms with Crippen LogP contribution in [0.5, 0.6) is 0 Å². The molecule has 1 atom stereocenters. The molecule has 1 N–H and O–H groups in total. The topological polar surface area (TPSA) is 69.7 Å². The minimum absolute atomic E-state index is 0.191. The Morgan fingerprint density at radius 2 is 1.52 bits per heavy atom. The van der Waals surface area contributed by atoms with Gasteiger partial charge in [0.1, 0.15) is 6.04 Å². The van der Waals surface area contributed by atoms with Crippen LogP contribution in [0.3, 0.4) is 0 Å². The van der Waals surface area contributed by atoms with E-state index in [1.165, 1.54) is 0 Å². The van der Waals surface area contributed by atoms with Crippen molar-refractivity contribution in [3.63, 3.8) is 0 Å². The van der Waals surface area contributed by atoms with Gasteiger partial charge in [-0.25, -0.2) is 0 Å². The molecule has 0 saturated heterocycles. The normalized spacial score (nSPS) is 14.1. The summed E-state index contributed by atoms with van der Waals surface area (Å²) in [7, 11) is 2.01. The van der Waals surface area contributed by atoms with Gasteiger partial charge in [-0.15, -0.1) is 0 Å². The Morgan fingerprint density at radius 1 is 0.966 bits per heavy atom.